The molecular formula is C15H21N3O2S. The fourth-order valence-corrected chi connectivity index (χ4v) is 4.12. The predicted octanol–water partition coefficient (Wildman–Crippen LogP) is 2.48. The van der Waals surface area contributed by atoms with Crippen molar-refractivity contribution < 1.29 is 8.42 Å². The van der Waals surface area contributed by atoms with E-state index in [-0.39, 0.29) is 4.90 Å². The topological polar surface area (TPSA) is 55.2 Å². The molecule has 0 amide bonds. The molecule has 6 heteroatoms. The van der Waals surface area contributed by atoms with Crippen molar-refractivity contribution in [1.29, 1.82) is 0 Å². The van der Waals surface area contributed by atoms with Crippen LogP contribution < -0.4 is 4.31 Å². The van der Waals surface area contributed by atoms with E-state index in [1.54, 1.807) is 32.6 Å². The van der Waals surface area contributed by atoms with Crippen LogP contribution in [0.3, 0.4) is 0 Å². The van der Waals surface area contributed by atoms with Gasteiger partial charge in [0.15, 0.2) is 0 Å². The molecule has 0 saturated heterocycles. The Morgan fingerprint density at radius 2 is 1.76 bits per heavy atom. The van der Waals surface area contributed by atoms with E-state index < -0.39 is 10.0 Å². The van der Waals surface area contributed by atoms with E-state index in [2.05, 4.69) is 5.10 Å². The summed E-state index contributed by atoms with van der Waals surface area (Å²) in [5.74, 6) is 0. The summed E-state index contributed by atoms with van der Waals surface area (Å²) >= 11 is 0. The average Bonchev–Trinajstić information content (AvgIpc) is 2.66. The Labute approximate surface area is 126 Å². The number of sulfonamides is 1. The Balaban J connectivity index is 2.61. The molecule has 0 N–H and O–H groups in total. The van der Waals surface area contributed by atoms with Gasteiger partial charge in [-0.3, -0.25) is 8.99 Å². The van der Waals surface area contributed by atoms with E-state index in [9.17, 15) is 8.42 Å². The number of hydrogen-bond acceptors (Lipinski definition) is 3. The average molecular weight is 307 g/mol. The first-order valence-corrected chi connectivity index (χ1v) is 8.17. The summed E-state index contributed by atoms with van der Waals surface area (Å²) in [5, 5.41) is 4.20. The molecule has 1 heterocycles. The molecule has 0 unspecified atom stereocenters. The summed E-state index contributed by atoms with van der Waals surface area (Å²) in [6, 6.07) is 5.66. The molecule has 0 atom stereocenters. The molecule has 0 saturated carbocycles. The van der Waals surface area contributed by atoms with Crippen molar-refractivity contribution in [2.45, 2.75) is 32.6 Å². The minimum absolute atomic E-state index is 0.286. The standard InChI is InChI=1S/C15H21N3O2S/c1-10-8-7-9-14(11(10)2)18(6)21(19,20)15-12(3)16-17(5)13(15)4/h7-9H,1-6H3. The van der Waals surface area contributed by atoms with Crippen LogP contribution in [-0.2, 0) is 17.1 Å². The van der Waals surface area contributed by atoms with Crippen molar-refractivity contribution in [2.75, 3.05) is 11.4 Å². The summed E-state index contributed by atoms with van der Waals surface area (Å²) in [7, 11) is -0.286. The Morgan fingerprint density at radius 1 is 1.14 bits per heavy atom. The quantitative estimate of drug-likeness (QED) is 0.875. The Morgan fingerprint density at radius 3 is 2.29 bits per heavy atom. The fraction of sp³-hybridized carbons (Fsp3) is 0.400. The van der Waals surface area contributed by atoms with Crippen LogP contribution in [-0.4, -0.2) is 25.2 Å². The summed E-state index contributed by atoms with van der Waals surface area (Å²) in [6.07, 6.45) is 0. The van der Waals surface area contributed by atoms with E-state index in [1.165, 1.54) is 4.31 Å². The maximum absolute atomic E-state index is 12.9. The lowest BCUT2D eigenvalue weighted by Gasteiger charge is -2.22. The van der Waals surface area contributed by atoms with Crippen molar-refractivity contribution in [1.82, 2.24) is 9.78 Å². The molecular weight excluding hydrogens is 286 g/mol. The zero-order valence-electron chi connectivity index (χ0n) is 13.3. The molecule has 1 aromatic carbocycles. The van der Waals surface area contributed by atoms with Gasteiger partial charge in [0.05, 0.1) is 17.1 Å². The minimum atomic E-state index is -3.62. The summed E-state index contributed by atoms with van der Waals surface area (Å²) in [5.41, 5.74) is 3.88. The molecule has 2 aromatic rings. The molecule has 0 bridgehead atoms. The highest BCUT2D eigenvalue weighted by Crippen LogP contribution is 2.29. The largest absolute Gasteiger partial charge is 0.271 e. The first-order valence-electron chi connectivity index (χ1n) is 6.73. The second-order valence-corrected chi connectivity index (χ2v) is 7.22. The smallest absolute Gasteiger partial charge is 0.267 e. The van der Waals surface area contributed by atoms with E-state index in [4.69, 9.17) is 0 Å². The maximum atomic E-state index is 12.9. The number of aryl methyl sites for hydroxylation is 3. The molecule has 0 radical (unpaired) electrons. The van der Waals surface area contributed by atoms with Crippen LogP contribution >= 0.6 is 0 Å². The third-order valence-electron chi connectivity index (χ3n) is 3.98. The number of anilines is 1. The highest BCUT2D eigenvalue weighted by Gasteiger charge is 2.29. The zero-order valence-corrected chi connectivity index (χ0v) is 14.1. The van der Waals surface area contributed by atoms with Gasteiger partial charge >= 0.3 is 0 Å². The van der Waals surface area contributed by atoms with Gasteiger partial charge in [-0.25, -0.2) is 8.42 Å². The van der Waals surface area contributed by atoms with Gasteiger partial charge in [0.2, 0.25) is 0 Å². The van der Waals surface area contributed by atoms with Gasteiger partial charge < -0.3 is 0 Å². The normalized spacial score (nSPS) is 11.7. The summed E-state index contributed by atoms with van der Waals surface area (Å²) < 4.78 is 28.8. The molecule has 0 aliphatic heterocycles. The first-order chi connectivity index (χ1) is 9.67. The molecule has 0 aliphatic rings. The van der Waals surface area contributed by atoms with Crippen molar-refractivity contribution in [3.8, 4) is 0 Å². The van der Waals surface area contributed by atoms with Crippen molar-refractivity contribution in [2.24, 2.45) is 7.05 Å². The molecule has 0 fully saturated rings. The lowest BCUT2D eigenvalue weighted by molar-refractivity contribution is 0.592. The number of hydrogen-bond donors (Lipinski definition) is 0. The third-order valence-corrected chi connectivity index (χ3v) is 6.00. The lowest BCUT2D eigenvalue weighted by Crippen LogP contribution is -2.28. The van der Waals surface area contributed by atoms with Crippen LogP contribution in [0.5, 0.6) is 0 Å². The second kappa shape index (κ2) is 5.18. The van der Waals surface area contributed by atoms with Gasteiger partial charge in [0.1, 0.15) is 4.90 Å². The minimum Gasteiger partial charge on any atom is -0.271 e. The van der Waals surface area contributed by atoms with Gasteiger partial charge in [-0.2, -0.15) is 5.10 Å². The summed E-state index contributed by atoms with van der Waals surface area (Å²) in [4.78, 5) is 0.286. The van der Waals surface area contributed by atoms with Crippen LogP contribution in [0.1, 0.15) is 22.5 Å². The lowest BCUT2D eigenvalue weighted by atomic mass is 10.1. The van der Waals surface area contributed by atoms with Crippen LogP contribution in [0.4, 0.5) is 5.69 Å². The number of nitrogens with zero attached hydrogens (tertiary/aromatic N) is 3. The zero-order chi connectivity index (χ0) is 15.9. The van der Waals surface area contributed by atoms with Crippen LogP contribution in [0, 0.1) is 27.7 Å². The Kier molecular flexibility index (Phi) is 3.84. The van der Waals surface area contributed by atoms with Gasteiger partial charge in [0.25, 0.3) is 10.0 Å². The fourth-order valence-electron chi connectivity index (χ4n) is 2.47. The van der Waals surface area contributed by atoms with Crippen LogP contribution in [0.2, 0.25) is 0 Å². The molecule has 114 valence electrons. The monoisotopic (exact) mass is 307 g/mol. The Hall–Kier alpha value is -1.82. The molecule has 0 spiro atoms. The van der Waals surface area contributed by atoms with E-state index in [0.29, 0.717) is 17.1 Å². The summed E-state index contributed by atoms with van der Waals surface area (Å²) in [6.45, 7) is 7.39. The molecule has 2 rings (SSSR count). The molecule has 5 nitrogen and oxygen atoms in total. The third kappa shape index (κ3) is 2.44. The number of benzene rings is 1. The predicted molar refractivity (Wildman–Crippen MR) is 84.2 cm³/mol. The van der Waals surface area contributed by atoms with Gasteiger partial charge in [-0.1, -0.05) is 12.1 Å². The van der Waals surface area contributed by atoms with Gasteiger partial charge in [-0.05, 0) is 44.9 Å². The maximum Gasteiger partial charge on any atom is 0.267 e. The molecule has 1 aromatic heterocycles. The van der Waals surface area contributed by atoms with E-state index in [1.807, 2.05) is 32.0 Å². The van der Waals surface area contributed by atoms with E-state index in [0.717, 1.165) is 11.1 Å². The SMILES string of the molecule is Cc1cccc(N(C)S(=O)(=O)c2c(C)nn(C)c2C)c1C. The van der Waals surface area contributed by atoms with Crippen LogP contribution in [0.25, 0.3) is 0 Å². The van der Waals surface area contributed by atoms with Crippen molar-refractivity contribution in [3.63, 3.8) is 0 Å². The highest BCUT2D eigenvalue weighted by atomic mass is 32.2. The number of rotatable bonds is 3. The van der Waals surface area contributed by atoms with Crippen LogP contribution in [0.15, 0.2) is 23.1 Å². The van der Waals surface area contributed by atoms with Crippen molar-refractivity contribution in [3.05, 3.63) is 40.7 Å². The number of aromatic nitrogens is 2. The first kappa shape index (κ1) is 15.6. The van der Waals surface area contributed by atoms with Gasteiger partial charge in [-0.15, -0.1) is 0 Å². The van der Waals surface area contributed by atoms with E-state index >= 15 is 0 Å². The van der Waals surface area contributed by atoms with Gasteiger partial charge in [0, 0.05) is 14.1 Å². The second-order valence-electron chi connectivity index (χ2n) is 5.32. The molecule has 21 heavy (non-hydrogen) atoms. The molecule has 0 aliphatic carbocycles. The highest BCUT2D eigenvalue weighted by molar-refractivity contribution is 7.92. The van der Waals surface area contributed by atoms with Crippen molar-refractivity contribution >= 4 is 15.7 Å². The Bertz CT molecular complexity index is 791.